The van der Waals surface area contributed by atoms with Crippen LogP contribution in [0.15, 0.2) is 67.3 Å². The van der Waals surface area contributed by atoms with E-state index in [0.717, 1.165) is 10.9 Å². The van der Waals surface area contributed by atoms with Crippen LogP contribution >= 0.6 is 0 Å². The number of carbonyl (C=O) groups excluding carboxylic acids is 2. The molecule has 37 heavy (non-hydrogen) atoms. The van der Waals surface area contributed by atoms with Gasteiger partial charge in [0.05, 0.1) is 16.8 Å². The van der Waals surface area contributed by atoms with Crippen LogP contribution in [0, 0.1) is 0 Å². The molecular weight excluding hydrogens is 491 g/mol. The molecule has 0 aliphatic rings. The Kier molecular flexibility index (Phi) is 7.51. The van der Waals surface area contributed by atoms with Crippen LogP contribution in [0.3, 0.4) is 0 Å². The molecule has 0 aliphatic heterocycles. The number of halogens is 3. The SMILES string of the molecule is Cn1ccnc1COc1ccc(C(=O)NCCNC(=O)c2cn(-c3ccccc3)nc2C(F)(F)F)cn1. The Bertz CT molecular complexity index is 1370. The van der Waals surface area contributed by atoms with Gasteiger partial charge in [-0.2, -0.15) is 18.3 Å². The molecule has 4 aromatic rings. The van der Waals surface area contributed by atoms with Crippen molar-refractivity contribution in [3.8, 4) is 11.6 Å². The van der Waals surface area contributed by atoms with Gasteiger partial charge in [-0.25, -0.2) is 14.6 Å². The third kappa shape index (κ3) is 6.31. The van der Waals surface area contributed by atoms with Crippen molar-refractivity contribution in [3.63, 3.8) is 0 Å². The van der Waals surface area contributed by atoms with Crippen molar-refractivity contribution in [1.29, 1.82) is 0 Å². The van der Waals surface area contributed by atoms with Gasteiger partial charge in [-0.15, -0.1) is 0 Å². The van der Waals surface area contributed by atoms with E-state index in [1.807, 2.05) is 7.05 Å². The second kappa shape index (κ2) is 10.9. The average Bonchev–Trinajstić information content (AvgIpc) is 3.53. The van der Waals surface area contributed by atoms with Crippen molar-refractivity contribution in [2.24, 2.45) is 7.05 Å². The number of carbonyl (C=O) groups is 2. The van der Waals surface area contributed by atoms with Gasteiger partial charge in [-0.1, -0.05) is 18.2 Å². The van der Waals surface area contributed by atoms with E-state index in [0.29, 0.717) is 17.4 Å². The normalized spacial score (nSPS) is 11.2. The van der Waals surface area contributed by atoms with Crippen molar-refractivity contribution in [2.75, 3.05) is 13.1 Å². The predicted molar refractivity (Wildman–Crippen MR) is 125 cm³/mol. The van der Waals surface area contributed by atoms with Crippen molar-refractivity contribution < 1.29 is 27.5 Å². The number of amides is 2. The Hall–Kier alpha value is -4.68. The van der Waals surface area contributed by atoms with Gasteiger partial charge in [0.2, 0.25) is 5.88 Å². The summed E-state index contributed by atoms with van der Waals surface area (Å²) in [6.07, 6.45) is 0.968. The minimum absolute atomic E-state index is 0.0177. The molecule has 0 saturated carbocycles. The summed E-state index contributed by atoms with van der Waals surface area (Å²) in [5.74, 6) is -0.409. The molecule has 4 rings (SSSR count). The third-order valence-corrected chi connectivity index (χ3v) is 5.21. The Labute approximate surface area is 209 Å². The number of hydrogen-bond acceptors (Lipinski definition) is 6. The highest BCUT2D eigenvalue weighted by atomic mass is 19.4. The molecule has 13 heteroatoms. The number of hydrogen-bond donors (Lipinski definition) is 2. The number of nitrogens with zero attached hydrogens (tertiary/aromatic N) is 5. The monoisotopic (exact) mass is 513 g/mol. The molecule has 0 atom stereocenters. The van der Waals surface area contributed by atoms with Gasteiger partial charge in [-0.3, -0.25) is 9.59 Å². The molecule has 3 aromatic heterocycles. The smallest absolute Gasteiger partial charge is 0.435 e. The third-order valence-electron chi connectivity index (χ3n) is 5.21. The number of rotatable bonds is 9. The maximum Gasteiger partial charge on any atom is 0.435 e. The first-order valence-corrected chi connectivity index (χ1v) is 11.1. The molecule has 0 radical (unpaired) electrons. The van der Waals surface area contributed by atoms with Crippen LogP contribution in [-0.4, -0.2) is 49.2 Å². The summed E-state index contributed by atoms with van der Waals surface area (Å²) in [4.78, 5) is 33.0. The quantitative estimate of drug-likeness (QED) is 0.333. The van der Waals surface area contributed by atoms with E-state index >= 15 is 0 Å². The molecule has 2 amide bonds. The molecule has 0 fully saturated rings. The number of aromatic nitrogens is 5. The average molecular weight is 513 g/mol. The molecule has 0 bridgehead atoms. The van der Waals surface area contributed by atoms with Crippen LogP contribution in [0.25, 0.3) is 5.69 Å². The van der Waals surface area contributed by atoms with Crippen molar-refractivity contribution >= 4 is 11.8 Å². The number of pyridine rings is 1. The first kappa shape index (κ1) is 25.4. The van der Waals surface area contributed by atoms with Crippen LogP contribution in [0.4, 0.5) is 13.2 Å². The number of alkyl halides is 3. The summed E-state index contributed by atoms with van der Waals surface area (Å²) in [7, 11) is 1.84. The maximum absolute atomic E-state index is 13.5. The van der Waals surface area contributed by atoms with Crippen molar-refractivity contribution in [2.45, 2.75) is 12.8 Å². The Morgan fingerprint density at radius 1 is 1.00 bits per heavy atom. The van der Waals surface area contributed by atoms with Crippen LogP contribution in [0.2, 0.25) is 0 Å². The molecule has 2 N–H and O–H groups in total. The highest BCUT2D eigenvalue weighted by Crippen LogP contribution is 2.31. The number of ether oxygens (including phenoxy) is 1. The van der Waals surface area contributed by atoms with Crippen LogP contribution in [-0.2, 0) is 19.8 Å². The standard InChI is InChI=1S/C24H22F3N7O3/c1-33-12-11-28-19(33)15-37-20-8-7-16(13-31-20)22(35)29-9-10-30-23(36)18-14-34(17-5-3-2-4-6-17)32-21(18)24(25,26)27/h2-8,11-14H,9-10,15H2,1H3,(H,29,35)(H,30,36). The largest absolute Gasteiger partial charge is 0.469 e. The Morgan fingerprint density at radius 3 is 2.35 bits per heavy atom. The summed E-state index contributed by atoms with van der Waals surface area (Å²) in [6.45, 7) is 0.0921. The number of benzene rings is 1. The lowest BCUT2D eigenvalue weighted by Gasteiger charge is -2.09. The topological polar surface area (TPSA) is 116 Å². The fourth-order valence-corrected chi connectivity index (χ4v) is 3.29. The second-order valence-electron chi connectivity index (χ2n) is 7.81. The minimum atomic E-state index is -4.82. The molecule has 3 heterocycles. The van der Waals surface area contributed by atoms with E-state index in [2.05, 4.69) is 25.7 Å². The molecule has 0 aliphatic carbocycles. The highest BCUT2D eigenvalue weighted by molar-refractivity contribution is 5.96. The van der Waals surface area contributed by atoms with E-state index < -0.39 is 29.2 Å². The summed E-state index contributed by atoms with van der Waals surface area (Å²) in [5, 5.41) is 8.50. The van der Waals surface area contributed by atoms with Crippen molar-refractivity contribution in [3.05, 3.63) is 89.9 Å². The maximum atomic E-state index is 13.5. The summed E-state index contributed by atoms with van der Waals surface area (Å²) in [6, 6.07) is 11.2. The summed E-state index contributed by atoms with van der Waals surface area (Å²) < 4.78 is 48.7. The molecule has 1 aromatic carbocycles. The second-order valence-corrected chi connectivity index (χ2v) is 7.81. The van der Waals surface area contributed by atoms with Gasteiger partial charge in [0.15, 0.2) is 5.69 Å². The van der Waals surface area contributed by atoms with Crippen molar-refractivity contribution in [1.82, 2.24) is 34.9 Å². The Morgan fingerprint density at radius 2 is 1.73 bits per heavy atom. The van der Waals surface area contributed by atoms with E-state index in [4.69, 9.17) is 4.74 Å². The lowest BCUT2D eigenvalue weighted by Crippen LogP contribution is -2.35. The van der Waals surface area contributed by atoms with Gasteiger partial charge in [0, 0.05) is 51.0 Å². The van der Waals surface area contributed by atoms with E-state index in [1.165, 1.54) is 18.3 Å². The molecule has 0 saturated heterocycles. The lowest BCUT2D eigenvalue weighted by molar-refractivity contribution is -0.141. The van der Waals surface area contributed by atoms with Gasteiger partial charge in [0.25, 0.3) is 11.8 Å². The highest BCUT2D eigenvalue weighted by Gasteiger charge is 2.39. The number of imidazole rings is 1. The number of para-hydroxylation sites is 1. The van der Waals surface area contributed by atoms with Gasteiger partial charge >= 0.3 is 6.18 Å². The van der Waals surface area contributed by atoms with Gasteiger partial charge in [-0.05, 0) is 18.2 Å². The fraction of sp³-hybridized carbons (Fsp3) is 0.208. The van der Waals surface area contributed by atoms with Gasteiger partial charge < -0.3 is 19.9 Å². The van der Waals surface area contributed by atoms with E-state index in [-0.39, 0.29) is 25.3 Å². The summed E-state index contributed by atoms with van der Waals surface area (Å²) in [5.41, 5.74) is -1.29. The first-order chi connectivity index (χ1) is 17.7. The van der Waals surface area contributed by atoms with Crippen LogP contribution < -0.4 is 15.4 Å². The van der Waals surface area contributed by atoms with E-state index in [9.17, 15) is 22.8 Å². The summed E-state index contributed by atoms with van der Waals surface area (Å²) >= 11 is 0. The number of aryl methyl sites for hydroxylation is 1. The fourth-order valence-electron chi connectivity index (χ4n) is 3.29. The van der Waals surface area contributed by atoms with Crippen LogP contribution in [0.1, 0.15) is 32.2 Å². The zero-order valence-electron chi connectivity index (χ0n) is 19.6. The zero-order valence-corrected chi connectivity index (χ0v) is 19.6. The first-order valence-electron chi connectivity index (χ1n) is 11.1. The molecule has 10 nitrogen and oxygen atoms in total. The van der Waals surface area contributed by atoms with Crippen LogP contribution in [0.5, 0.6) is 5.88 Å². The predicted octanol–water partition coefficient (Wildman–Crippen LogP) is 2.76. The minimum Gasteiger partial charge on any atom is -0.469 e. The zero-order chi connectivity index (χ0) is 26.4. The van der Waals surface area contributed by atoms with E-state index in [1.54, 1.807) is 47.3 Å². The molecule has 0 spiro atoms. The molecular formula is C24H22F3N7O3. The van der Waals surface area contributed by atoms with Gasteiger partial charge in [0.1, 0.15) is 12.4 Å². The Balaban J connectivity index is 1.29. The molecule has 0 unspecified atom stereocenters. The molecule has 192 valence electrons. The number of nitrogens with one attached hydrogen (secondary N) is 2. The lowest BCUT2D eigenvalue weighted by atomic mass is 10.2.